The Kier molecular flexibility index (Phi) is 3.45. The molecular formula is C10H18N2S. The molecule has 1 aromatic heterocycles. The lowest BCUT2D eigenvalue weighted by Crippen LogP contribution is -2.32. The van der Waals surface area contributed by atoms with Crippen LogP contribution in [0.4, 0.5) is 0 Å². The van der Waals surface area contributed by atoms with Crippen LogP contribution in [0.25, 0.3) is 0 Å². The van der Waals surface area contributed by atoms with E-state index in [2.05, 4.69) is 24.2 Å². The van der Waals surface area contributed by atoms with Crippen molar-refractivity contribution in [2.45, 2.75) is 45.6 Å². The van der Waals surface area contributed by atoms with Crippen LogP contribution < -0.4 is 5.73 Å². The van der Waals surface area contributed by atoms with Crippen molar-refractivity contribution in [3.05, 3.63) is 16.1 Å². The molecule has 0 aliphatic rings. The lowest BCUT2D eigenvalue weighted by molar-refractivity contribution is 0.463. The van der Waals surface area contributed by atoms with Crippen LogP contribution >= 0.6 is 11.3 Å². The summed E-state index contributed by atoms with van der Waals surface area (Å²) in [6.07, 6.45) is 3.16. The molecule has 0 amide bonds. The predicted octanol–water partition coefficient (Wildman–Crippen LogP) is 2.68. The first kappa shape index (κ1) is 10.7. The van der Waals surface area contributed by atoms with E-state index in [1.807, 2.05) is 6.92 Å². The molecule has 1 rings (SSSR count). The van der Waals surface area contributed by atoms with Crippen molar-refractivity contribution in [2.24, 2.45) is 5.73 Å². The van der Waals surface area contributed by atoms with E-state index in [-0.39, 0.29) is 5.54 Å². The van der Waals surface area contributed by atoms with Crippen LogP contribution in [0.3, 0.4) is 0 Å². The molecule has 0 fully saturated rings. The van der Waals surface area contributed by atoms with E-state index < -0.39 is 0 Å². The highest BCUT2D eigenvalue weighted by molar-refractivity contribution is 7.09. The van der Waals surface area contributed by atoms with Gasteiger partial charge in [-0.3, -0.25) is 0 Å². The van der Waals surface area contributed by atoms with Crippen LogP contribution in [0.15, 0.2) is 5.38 Å². The summed E-state index contributed by atoms with van der Waals surface area (Å²) in [5.41, 5.74) is 6.89. The Morgan fingerprint density at radius 2 is 2.23 bits per heavy atom. The van der Waals surface area contributed by atoms with Crippen LogP contribution in [0.5, 0.6) is 0 Å². The number of hydrogen-bond donors (Lipinski definition) is 1. The molecule has 0 saturated carbocycles. The Morgan fingerprint density at radius 3 is 2.77 bits per heavy atom. The van der Waals surface area contributed by atoms with Crippen molar-refractivity contribution < 1.29 is 0 Å². The first-order chi connectivity index (χ1) is 6.10. The second-order valence-electron chi connectivity index (χ2n) is 3.65. The summed E-state index contributed by atoms with van der Waals surface area (Å²) in [6, 6.07) is 0. The quantitative estimate of drug-likeness (QED) is 0.808. The summed E-state index contributed by atoms with van der Waals surface area (Å²) in [7, 11) is 0. The average Bonchev–Trinajstić information content (AvgIpc) is 2.54. The maximum absolute atomic E-state index is 6.09. The minimum absolute atomic E-state index is 0.248. The highest BCUT2D eigenvalue weighted by Crippen LogP contribution is 2.23. The minimum atomic E-state index is -0.248. The fraction of sp³-hybridized carbons (Fsp3) is 0.700. The van der Waals surface area contributed by atoms with E-state index in [0.717, 1.165) is 25.0 Å². The molecule has 1 unspecified atom stereocenters. The number of nitrogens with two attached hydrogens (primary N) is 1. The topological polar surface area (TPSA) is 38.9 Å². The number of aromatic nitrogens is 1. The van der Waals surface area contributed by atoms with Gasteiger partial charge in [-0.15, -0.1) is 11.3 Å². The van der Waals surface area contributed by atoms with E-state index in [4.69, 9.17) is 5.73 Å². The zero-order chi connectivity index (χ0) is 9.90. The normalized spacial score (nSPS) is 15.7. The van der Waals surface area contributed by atoms with Gasteiger partial charge in [0.05, 0.1) is 16.2 Å². The second kappa shape index (κ2) is 4.20. The summed E-state index contributed by atoms with van der Waals surface area (Å²) in [4.78, 5) is 4.54. The summed E-state index contributed by atoms with van der Waals surface area (Å²) in [6.45, 7) is 6.30. The van der Waals surface area contributed by atoms with Gasteiger partial charge in [0.15, 0.2) is 0 Å². The number of aryl methyl sites for hydroxylation is 1. The van der Waals surface area contributed by atoms with Gasteiger partial charge >= 0.3 is 0 Å². The van der Waals surface area contributed by atoms with Crippen LogP contribution in [-0.4, -0.2) is 4.98 Å². The van der Waals surface area contributed by atoms with Crippen molar-refractivity contribution in [2.75, 3.05) is 0 Å². The summed E-state index contributed by atoms with van der Waals surface area (Å²) in [5.74, 6) is 0. The van der Waals surface area contributed by atoms with E-state index in [9.17, 15) is 0 Å². The van der Waals surface area contributed by atoms with E-state index in [1.54, 1.807) is 11.3 Å². The minimum Gasteiger partial charge on any atom is -0.320 e. The van der Waals surface area contributed by atoms with Gasteiger partial charge in [-0.1, -0.05) is 13.8 Å². The molecule has 0 saturated heterocycles. The highest BCUT2D eigenvalue weighted by Gasteiger charge is 2.21. The van der Waals surface area contributed by atoms with Crippen molar-refractivity contribution in [3.63, 3.8) is 0 Å². The van der Waals surface area contributed by atoms with Crippen LogP contribution in [0.1, 0.15) is 44.3 Å². The zero-order valence-corrected chi connectivity index (χ0v) is 9.45. The van der Waals surface area contributed by atoms with E-state index >= 15 is 0 Å². The molecule has 1 atom stereocenters. The maximum atomic E-state index is 6.09. The molecule has 0 aliphatic carbocycles. The zero-order valence-electron chi connectivity index (χ0n) is 8.63. The lowest BCUT2D eigenvalue weighted by Gasteiger charge is -2.19. The molecule has 0 radical (unpaired) electrons. The first-order valence-corrected chi connectivity index (χ1v) is 5.72. The SMILES string of the molecule is CCCc1nc(C(C)(N)CC)cs1. The smallest absolute Gasteiger partial charge is 0.0929 e. The molecule has 0 aromatic carbocycles. The molecule has 0 bridgehead atoms. The molecule has 1 heterocycles. The Bertz CT molecular complexity index is 266. The van der Waals surface area contributed by atoms with Gasteiger partial charge in [0.1, 0.15) is 0 Å². The molecule has 0 aliphatic heterocycles. The monoisotopic (exact) mass is 198 g/mol. The summed E-state index contributed by atoms with van der Waals surface area (Å²) >= 11 is 1.73. The molecule has 0 spiro atoms. The number of nitrogens with zero attached hydrogens (tertiary/aromatic N) is 1. The number of thiazole rings is 1. The Labute approximate surface area is 84.2 Å². The van der Waals surface area contributed by atoms with Crippen LogP contribution in [-0.2, 0) is 12.0 Å². The van der Waals surface area contributed by atoms with Crippen molar-refractivity contribution in [1.82, 2.24) is 4.98 Å². The molecule has 3 heteroatoms. The third kappa shape index (κ3) is 2.51. The first-order valence-electron chi connectivity index (χ1n) is 4.84. The van der Waals surface area contributed by atoms with Crippen molar-refractivity contribution in [3.8, 4) is 0 Å². The average molecular weight is 198 g/mol. The standard InChI is InChI=1S/C10H18N2S/c1-4-6-9-12-8(7-13-9)10(3,11)5-2/h7H,4-6,11H2,1-3H3. The second-order valence-corrected chi connectivity index (χ2v) is 4.59. The third-order valence-electron chi connectivity index (χ3n) is 2.34. The van der Waals surface area contributed by atoms with Crippen LogP contribution in [0, 0.1) is 0 Å². The van der Waals surface area contributed by atoms with Gasteiger partial charge in [-0.05, 0) is 26.2 Å². The summed E-state index contributed by atoms with van der Waals surface area (Å²) < 4.78 is 0. The number of hydrogen-bond acceptors (Lipinski definition) is 3. The molecular weight excluding hydrogens is 180 g/mol. The number of rotatable bonds is 4. The van der Waals surface area contributed by atoms with Crippen molar-refractivity contribution >= 4 is 11.3 Å². The largest absolute Gasteiger partial charge is 0.320 e. The van der Waals surface area contributed by atoms with Gasteiger partial charge in [-0.25, -0.2) is 4.98 Å². The van der Waals surface area contributed by atoms with Crippen molar-refractivity contribution in [1.29, 1.82) is 0 Å². The Balaban J connectivity index is 2.79. The van der Waals surface area contributed by atoms with Gasteiger partial charge in [0.25, 0.3) is 0 Å². The van der Waals surface area contributed by atoms with Gasteiger partial charge in [0, 0.05) is 5.38 Å². The molecule has 74 valence electrons. The third-order valence-corrected chi connectivity index (χ3v) is 3.24. The van der Waals surface area contributed by atoms with Gasteiger partial charge in [-0.2, -0.15) is 0 Å². The predicted molar refractivity (Wildman–Crippen MR) is 57.9 cm³/mol. The van der Waals surface area contributed by atoms with Gasteiger partial charge in [0.2, 0.25) is 0 Å². The molecule has 2 N–H and O–H groups in total. The molecule has 2 nitrogen and oxygen atoms in total. The maximum Gasteiger partial charge on any atom is 0.0929 e. The van der Waals surface area contributed by atoms with E-state index in [0.29, 0.717) is 0 Å². The fourth-order valence-electron chi connectivity index (χ4n) is 1.08. The molecule has 13 heavy (non-hydrogen) atoms. The Morgan fingerprint density at radius 1 is 1.54 bits per heavy atom. The highest BCUT2D eigenvalue weighted by atomic mass is 32.1. The van der Waals surface area contributed by atoms with Gasteiger partial charge < -0.3 is 5.73 Å². The van der Waals surface area contributed by atoms with Crippen LogP contribution in [0.2, 0.25) is 0 Å². The summed E-state index contributed by atoms with van der Waals surface area (Å²) in [5, 5.41) is 3.30. The Hall–Kier alpha value is -0.410. The fourth-order valence-corrected chi connectivity index (χ4v) is 2.13. The van der Waals surface area contributed by atoms with E-state index in [1.165, 1.54) is 5.01 Å². The lowest BCUT2D eigenvalue weighted by atomic mass is 9.97. The molecule has 1 aromatic rings.